The summed E-state index contributed by atoms with van der Waals surface area (Å²) in [5.41, 5.74) is 2.05. The highest BCUT2D eigenvalue weighted by atomic mass is 35.5. The van der Waals surface area contributed by atoms with Crippen molar-refractivity contribution in [3.8, 4) is 5.75 Å². The van der Waals surface area contributed by atoms with Crippen LogP contribution in [0.15, 0.2) is 30.3 Å². The van der Waals surface area contributed by atoms with Gasteiger partial charge in [0.1, 0.15) is 11.6 Å². The van der Waals surface area contributed by atoms with Crippen molar-refractivity contribution in [3.05, 3.63) is 62.9 Å². The molecular formula is C24H27Cl2FN2O2S. The Labute approximate surface area is 202 Å². The molecule has 4 rings (SSSR count). The summed E-state index contributed by atoms with van der Waals surface area (Å²) in [7, 11) is 0. The van der Waals surface area contributed by atoms with Crippen molar-refractivity contribution in [2.24, 2.45) is 5.41 Å². The second-order valence-corrected chi connectivity index (χ2v) is 10.6. The SMILES string of the molecule is CSNC(=O)c1cc(C2CC2)c(OCC2(C)CN([C@H](C)c3cc(Cl)cc(Cl)c3)C2)cc1F. The van der Waals surface area contributed by atoms with Gasteiger partial charge in [-0.3, -0.25) is 14.4 Å². The van der Waals surface area contributed by atoms with E-state index in [0.717, 1.165) is 49.0 Å². The van der Waals surface area contributed by atoms with Crippen molar-refractivity contribution in [1.82, 2.24) is 9.62 Å². The van der Waals surface area contributed by atoms with Gasteiger partial charge in [-0.1, -0.05) is 42.1 Å². The Hall–Kier alpha value is -1.47. The second-order valence-electron chi connectivity index (χ2n) is 9.16. The zero-order chi connectivity index (χ0) is 23.0. The number of nitrogens with zero attached hydrogens (tertiary/aromatic N) is 1. The van der Waals surface area contributed by atoms with E-state index in [-0.39, 0.29) is 17.0 Å². The molecular weight excluding hydrogens is 470 g/mol. The third-order valence-electron chi connectivity index (χ3n) is 6.22. The number of likely N-dealkylation sites (tertiary alicyclic amines) is 1. The number of hydrogen-bond donors (Lipinski definition) is 1. The maximum absolute atomic E-state index is 14.6. The van der Waals surface area contributed by atoms with E-state index in [2.05, 4.69) is 23.5 Å². The normalized spacial score (nSPS) is 18.7. The average Bonchev–Trinajstić information content (AvgIpc) is 3.54. The van der Waals surface area contributed by atoms with Crippen LogP contribution in [-0.2, 0) is 0 Å². The first-order chi connectivity index (χ1) is 15.2. The van der Waals surface area contributed by atoms with Gasteiger partial charge in [0.2, 0.25) is 0 Å². The molecule has 2 aliphatic rings. The number of hydrogen-bond acceptors (Lipinski definition) is 4. The Morgan fingerprint density at radius 3 is 2.50 bits per heavy atom. The highest BCUT2D eigenvalue weighted by Gasteiger charge is 2.42. The number of carbonyl (C=O) groups is 1. The molecule has 1 heterocycles. The fourth-order valence-electron chi connectivity index (χ4n) is 4.31. The van der Waals surface area contributed by atoms with E-state index in [1.165, 1.54) is 6.07 Å². The number of halogens is 3. The maximum Gasteiger partial charge on any atom is 0.264 e. The van der Waals surface area contributed by atoms with E-state index >= 15 is 0 Å². The van der Waals surface area contributed by atoms with Gasteiger partial charge in [0, 0.05) is 46.9 Å². The van der Waals surface area contributed by atoms with Crippen LogP contribution in [0.5, 0.6) is 5.75 Å². The minimum absolute atomic E-state index is 0.0389. The summed E-state index contributed by atoms with van der Waals surface area (Å²) in [4.78, 5) is 14.5. The molecule has 1 saturated carbocycles. The maximum atomic E-state index is 14.6. The lowest BCUT2D eigenvalue weighted by Gasteiger charge is -2.50. The van der Waals surface area contributed by atoms with Gasteiger partial charge in [-0.15, -0.1) is 0 Å². The summed E-state index contributed by atoms with van der Waals surface area (Å²) in [5.74, 6) is -0.0762. The molecule has 1 aliphatic heterocycles. The van der Waals surface area contributed by atoms with Crippen LogP contribution < -0.4 is 9.46 Å². The molecule has 2 aromatic carbocycles. The Morgan fingerprint density at radius 1 is 1.25 bits per heavy atom. The lowest BCUT2D eigenvalue weighted by atomic mass is 9.81. The second kappa shape index (κ2) is 9.41. The van der Waals surface area contributed by atoms with E-state index in [1.54, 1.807) is 18.4 Å². The molecule has 0 unspecified atom stereocenters. The van der Waals surface area contributed by atoms with Crippen LogP contribution in [0.25, 0.3) is 0 Å². The summed E-state index contributed by atoms with van der Waals surface area (Å²) in [6.45, 7) is 6.51. The van der Waals surface area contributed by atoms with Crippen LogP contribution in [0, 0.1) is 11.2 Å². The van der Waals surface area contributed by atoms with Crippen molar-refractivity contribution in [2.75, 3.05) is 26.0 Å². The molecule has 32 heavy (non-hydrogen) atoms. The molecule has 8 heteroatoms. The van der Waals surface area contributed by atoms with Crippen molar-refractivity contribution < 1.29 is 13.9 Å². The molecule has 0 bridgehead atoms. The molecule has 0 spiro atoms. The van der Waals surface area contributed by atoms with E-state index in [1.807, 2.05) is 12.1 Å². The lowest BCUT2D eigenvalue weighted by Crippen LogP contribution is -2.57. The zero-order valence-electron chi connectivity index (χ0n) is 18.4. The highest BCUT2D eigenvalue weighted by Crippen LogP contribution is 2.46. The molecule has 2 aromatic rings. The van der Waals surface area contributed by atoms with Crippen molar-refractivity contribution in [3.63, 3.8) is 0 Å². The Bertz CT molecular complexity index is 1010. The number of rotatable bonds is 8. The average molecular weight is 497 g/mol. The van der Waals surface area contributed by atoms with Crippen molar-refractivity contribution in [1.29, 1.82) is 0 Å². The molecule has 0 aromatic heterocycles. The van der Waals surface area contributed by atoms with Crippen LogP contribution in [0.2, 0.25) is 10.0 Å². The molecule has 172 valence electrons. The van der Waals surface area contributed by atoms with Crippen LogP contribution in [0.3, 0.4) is 0 Å². The molecule has 1 atom stereocenters. The van der Waals surface area contributed by atoms with Crippen molar-refractivity contribution in [2.45, 2.75) is 38.6 Å². The van der Waals surface area contributed by atoms with Crippen LogP contribution >= 0.6 is 35.1 Å². The Kier molecular flexibility index (Phi) is 6.97. The summed E-state index contributed by atoms with van der Waals surface area (Å²) >= 11 is 13.5. The summed E-state index contributed by atoms with van der Waals surface area (Å²) < 4.78 is 23.4. The van der Waals surface area contributed by atoms with Crippen molar-refractivity contribution >= 4 is 41.1 Å². The number of benzene rings is 2. The Balaban J connectivity index is 1.42. The minimum atomic E-state index is -0.553. The molecule has 1 aliphatic carbocycles. The van der Waals surface area contributed by atoms with Crippen LogP contribution in [0.1, 0.15) is 60.1 Å². The minimum Gasteiger partial charge on any atom is -0.493 e. The lowest BCUT2D eigenvalue weighted by molar-refractivity contribution is -0.0429. The summed E-state index contributed by atoms with van der Waals surface area (Å²) in [6.07, 6.45) is 3.81. The first-order valence-electron chi connectivity index (χ1n) is 10.7. The van der Waals surface area contributed by atoms with Gasteiger partial charge in [-0.2, -0.15) is 0 Å². The smallest absolute Gasteiger partial charge is 0.264 e. The van der Waals surface area contributed by atoms with Gasteiger partial charge in [0.05, 0.1) is 12.2 Å². The highest BCUT2D eigenvalue weighted by molar-refractivity contribution is 7.97. The number of carbonyl (C=O) groups excluding carboxylic acids is 1. The summed E-state index contributed by atoms with van der Waals surface area (Å²) in [6, 6.07) is 8.86. The number of ether oxygens (including phenoxy) is 1. The first-order valence-corrected chi connectivity index (χ1v) is 12.7. The topological polar surface area (TPSA) is 41.6 Å². The third kappa shape index (κ3) is 5.19. The molecule has 2 fully saturated rings. The fraction of sp³-hybridized carbons (Fsp3) is 0.458. The third-order valence-corrected chi connectivity index (χ3v) is 7.04. The molecule has 1 saturated heterocycles. The monoisotopic (exact) mass is 496 g/mol. The zero-order valence-corrected chi connectivity index (χ0v) is 20.7. The van der Waals surface area contributed by atoms with E-state index < -0.39 is 11.7 Å². The summed E-state index contributed by atoms with van der Waals surface area (Å²) in [5, 5.41) is 1.27. The molecule has 1 N–H and O–H groups in total. The van der Waals surface area contributed by atoms with Crippen LogP contribution in [-0.4, -0.2) is 36.8 Å². The molecule has 0 radical (unpaired) electrons. The van der Waals surface area contributed by atoms with Gasteiger partial charge in [0.15, 0.2) is 0 Å². The number of nitrogens with one attached hydrogen (secondary N) is 1. The van der Waals surface area contributed by atoms with Crippen LogP contribution in [0.4, 0.5) is 4.39 Å². The quantitative estimate of drug-likeness (QED) is 0.424. The van der Waals surface area contributed by atoms with E-state index in [9.17, 15) is 9.18 Å². The van der Waals surface area contributed by atoms with E-state index in [0.29, 0.717) is 28.3 Å². The van der Waals surface area contributed by atoms with Gasteiger partial charge in [-0.25, -0.2) is 4.39 Å². The number of amides is 1. The molecule has 4 nitrogen and oxygen atoms in total. The predicted octanol–water partition coefficient (Wildman–Crippen LogP) is 6.48. The first kappa shape index (κ1) is 23.7. The van der Waals surface area contributed by atoms with Gasteiger partial charge in [-0.05, 0) is 61.1 Å². The largest absolute Gasteiger partial charge is 0.493 e. The van der Waals surface area contributed by atoms with Gasteiger partial charge >= 0.3 is 0 Å². The van der Waals surface area contributed by atoms with Gasteiger partial charge in [0.25, 0.3) is 5.91 Å². The Morgan fingerprint density at radius 2 is 1.91 bits per heavy atom. The molecule has 1 amide bonds. The predicted molar refractivity (Wildman–Crippen MR) is 129 cm³/mol. The van der Waals surface area contributed by atoms with E-state index in [4.69, 9.17) is 27.9 Å². The fourth-order valence-corrected chi connectivity index (χ4v) is 5.15. The standard InChI is InChI=1S/C24H27Cl2FN2O2S/c1-14(16-6-17(25)8-18(26)7-16)29-11-24(2,12-29)13-31-22-10-21(27)20(23(30)28-32-3)9-19(22)15-4-5-15/h6-10,14-15H,4-5,11-13H2,1-3H3,(H,28,30)/t14-/m1/s1. The van der Waals surface area contributed by atoms with Gasteiger partial charge < -0.3 is 4.74 Å².